The van der Waals surface area contributed by atoms with Crippen LogP contribution in [-0.2, 0) is 11.2 Å². The average Bonchev–Trinajstić information content (AvgIpc) is 2.48. The van der Waals surface area contributed by atoms with Crippen LogP contribution in [0.25, 0.3) is 0 Å². The van der Waals surface area contributed by atoms with Crippen molar-refractivity contribution in [1.29, 1.82) is 0 Å². The smallest absolute Gasteiger partial charge is 0.260 e. The lowest BCUT2D eigenvalue weighted by Crippen LogP contribution is -2.38. The van der Waals surface area contributed by atoms with Crippen LogP contribution in [-0.4, -0.2) is 36.5 Å². The maximum Gasteiger partial charge on any atom is 0.260 e. The van der Waals surface area contributed by atoms with E-state index in [1.54, 1.807) is 0 Å². The number of hydrogen-bond acceptors (Lipinski definition) is 3. The Balaban J connectivity index is 1.91. The van der Waals surface area contributed by atoms with Crippen LogP contribution in [0.1, 0.15) is 31.7 Å². The average molecular weight is 355 g/mol. The molecule has 1 aliphatic rings. The van der Waals surface area contributed by atoms with Gasteiger partial charge in [0.05, 0.1) is 0 Å². The number of nitrogens with zero attached hydrogens (tertiary/aromatic N) is 1. The van der Waals surface area contributed by atoms with Crippen molar-refractivity contribution in [2.45, 2.75) is 38.6 Å². The van der Waals surface area contributed by atoms with Gasteiger partial charge in [-0.15, -0.1) is 0 Å². The molecule has 0 bridgehead atoms. The third-order valence-electron chi connectivity index (χ3n) is 3.63. The van der Waals surface area contributed by atoms with Crippen LogP contribution in [0.3, 0.4) is 0 Å². The van der Waals surface area contributed by atoms with Crippen molar-refractivity contribution in [2.24, 2.45) is 5.73 Å². The highest BCUT2D eigenvalue weighted by Crippen LogP contribution is 2.23. The van der Waals surface area contributed by atoms with E-state index in [1.807, 2.05) is 30.0 Å². The van der Waals surface area contributed by atoms with Crippen LogP contribution in [0.5, 0.6) is 5.75 Å². The van der Waals surface area contributed by atoms with Gasteiger partial charge in [0.25, 0.3) is 5.91 Å². The van der Waals surface area contributed by atoms with Gasteiger partial charge in [0.15, 0.2) is 6.61 Å². The van der Waals surface area contributed by atoms with E-state index >= 15 is 0 Å². The number of amides is 1. The Labute approximate surface area is 134 Å². The molecule has 4 nitrogen and oxygen atoms in total. The lowest BCUT2D eigenvalue weighted by Gasteiger charge is -2.26. The summed E-state index contributed by atoms with van der Waals surface area (Å²) in [5.74, 6) is 0.797. The van der Waals surface area contributed by atoms with Gasteiger partial charge in [-0.3, -0.25) is 4.79 Å². The summed E-state index contributed by atoms with van der Waals surface area (Å²) >= 11 is 3.52. The number of hydrogen-bond donors (Lipinski definition) is 1. The number of piperidine rings is 1. The Hall–Kier alpha value is -1.07. The van der Waals surface area contributed by atoms with Crippen molar-refractivity contribution in [3.63, 3.8) is 0 Å². The normalized spacial score (nSPS) is 16.6. The van der Waals surface area contributed by atoms with Gasteiger partial charge in [-0.25, -0.2) is 0 Å². The molecular weight excluding hydrogens is 332 g/mol. The second-order valence-electron chi connectivity index (χ2n) is 5.66. The minimum Gasteiger partial charge on any atom is -0.484 e. The predicted octanol–water partition coefficient (Wildman–Crippen LogP) is 2.73. The van der Waals surface area contributed by atoms with E-state index in [0.29, 0.717) is 0 Å². The molecule has 1 heterocycles. The molecule has 1 amide bonds. The summed E-state index contributed by atoms with van der Waals surface area (Å²) in [6.07, 6.45) is 4.20. The molecule has 1 fully saturated rings. The maximum atomic E-state index is 12.1. The molecule has 0 radical (unpaired) electrons. The first-order valence-electron chi connectivity index (χ1n) is 7.51. The quantitative estimate of drug-likeness (QED) is 0.884. The van der Waals surface area contributed by atoms with E-state index in [9.17, 15) is 4.79 Å². The third kappa shape index (κ3) is 5.00. The van der Waals surface area contributed by atoms with E-state index in [1.165, 1.54) is 6.42 Å². The second-order valence-corrected chi connectivity index (χ2v) is 6.52. The molecule has 1 aromatic rings. The topological polar surface area (TPSA) is 55.6 Å². The van der Waals surface area contributed by atoms with Crippen LogP contribution in [0.15, 0.2) is 22.7 Å². The number of likely N-dealkylation sites (tertiary alicyclic amines) is 1. The summed E-state index contributed by atoms with van der Waals surface area (Å²) in [5.41, 5.74) is 6.95. The molecule has 1 unspecified atom stereocenters. The largest absolute Gasteiger partial charge is 0.484 e. The molecular formula is C16H23BrN2O2. The van der Waals surface area contributed by atoms with Crippen molar-refractivity contribution < 1.29 is 9.53 Å². The Morgan fingerprint density at radius 3 is 2.76 bits per heavy atom. The Bertz CT molecular complexity index is 485. The van der Waals surface area contributed by atoms with Gasteiger partial charge in [0, 0.05) is 23.6 Å². The first-order valence-corrected chi connectivity index (χ1v) is 8.30. The molecule has 0 saturated carbocycles. The van der Waals surface area contributed by atoms with Gasteiger partial charge < -0.3 is 15.4 Å². The van der Waals surface area contributed by atoms with Gasteiger partial charge in [0.1, 0.15) is 5.75 Å². The predicted molar refractivity (Wildman–Crippen MR) is 87.4 cm³/mol. The molecule has 2 N–H and O–H groups in total. The fraction of sp³-hybridized carbons (Fsp3) is 0.562. The van der Waals surface area contributed by atoms with Gasteiger partial charge in [0.2, 0.25) is 0 Å². The summed E-state index contributed by atoms with van der Waals surface area (Å²) in [7, 11) is 0. The highest BCUT2D eigenvalue weighted by molar-refractivity contribution is 9.10. The number of benzene rings is 1. The first kappa shape index (κ1) is 16.3. The number of rotatable bonds is 5. The molecule has 2 rings (SSSR count). The number of nitrogens with two attached hydrogens (primary N) is 1. The first-order chi connectivity index (χ1) is 10.1. The van der Waals surface area contributed by atoms with Crippen LogP contribution in [0.2, 0.25) is 0 Å². The molecule has 1 saturated heterocycles. The lowest BCUT2D eigenvalue weighted by atomic mass is 10.1. The fourth-order valence-corrected chi connectivity index (χ4v) is 2.93. The van der Waals surface area contributed by atoms with Crippen LogP contribution >= 0.6 is 15.9 Å². The summed E-state index contributed by atoms with van der Waals surface area (Å²) in [5, 5.41) is 0. The fourth-order valence-electron chi connectivity index (χ4n) is 2.52. The van der Waals surface area contributed by atoms with E-state index in [4.69, 9.17) is 10.5 Å². The zero-order valence-corrected chi connectivity index (χ0v) is 14.1. The summed E-state index contributed by atoms with van der Waals surface area (Å²) in [6.45, 7) is 3.80. The molecule has 21 heavy (non-hydrogen) atoms. The van der Waals surface area contributed by atoms with E-state index in [2.05, 4.69) is 15.9 Å². The number of carbonyl (C=O) groups excluding carboxylic acids is 1. The Kier molecular flexibility index (Phi) is 6.06. The molecule has 0 aromatic heterocycles. The molecule has 116 valence electrons. The minimum absolute atomic E-state index is 0.0753. The molecule has 0 spiro atoms. The van der Waals surface area contributed by atoms with Crippen molar-refractivity contribution in [2.75, 3.05) is 19.7 Å². The van der Waals surface area contributed by atoms with Gasteiger partial charge >= 0.3 is 0 Å². The van der Waals surface area contributed by atoms with Crippen LogP contribution in [0.4, 0.5) is 0 Å². The second kappa shape index (κ2) is 7.80. The van der Waals surface area contributed by atoms with E-state index < -0.39 is 0 Å². The van der Waals surface area contributed by atoms with Crippen molar-refractivity contribution in [3.8, 4) is 5.75 Å². The molecule has 1 atom stereocenters. The number of halogens is 1. The van der Waals surface area contributed by atoms with E-state index in [0.717, 1.165) is 48.1 Å². The zero-order chi connectivity index (χ0) is 15.2. The Morgan fingerprint density at radius 1 is 1.38 bits per heavy atom. The molecule has 1 aromatic carbocycles. The zero-order valence-electron chi connectivity index (χ0n) is 12.5. The molecule has 0 aliphatic carbocycles. The summed E-state index contributed by atoms with van der Waals surface area (Å²) in [4.78, 5) is 14.0. The highest BCUT2D eigenvalue weighted by atomic mass is 79.9. The molecule has 1 aliphatic heterocycles. The van der Waals surface area contributed by atoms with Gasteiger partial charge in [-0.05, 0) is 56.4 Å². The SMILES string of the molecule is CC(N)Cc1cc(OCC(=O)N2CCCCC2)ccc1Br. The number of carbonyl (C=O) groups is 1. The highest BCUT2D eigenvalue weighted by Gasteiger charge is 2.17. The van der Waals surface area contributed by atoms with E-state index in [-0.39, 0.29) is 18.6 Å². The summed E-state index contributed by atoms with van der Waals surface area (Å²) in [6, 6.07) is 5.86. The standard InChI is InChI=1S/C16H23BrN2O2/c1-12(18)9-13-10-14(5-6-15(13)17)21-11-16(20)19-7-3-2-4-8-19/h5-6,10,12H,2-4,7-9,11,18H2,1H3. The third-order valence-corrected chi connectivity index (χ3v) is 4.40. The van der Waals surface area contributed by atoms with Crippen molar-refractivity contribution >= 4 is 21.8 Å². The lowest BCUT2D eigenvalue weighted by molar-refractivity contribution is -0.134. The Morgan fingerprint density at radius 2 is 2.10 bits per heavy atom. The minimum atomic E-state index is 0.0753. The van der Waals surface area contributed by atoms with Crippen LogP contribution in [0, 0.1) is 0 Å². The van der Waals surface area contributed by atoms with Crippen molar-refractivity contribution in [3.05, 3.63) is 28.2 Å². The van der Waals surface area contributed by atoms with Gasteiger partial charge in [-0.1, -0.05) is 15.9 Å². The van der Waals surface area contributed by atoms with Crippen LogP contribution < -0.4 is 10.5 Å². The van der Waals surface area contributed by atoms with Gasteiger partial charge in [-0.2, -0.15) is 0 Å². The molecule has 5 heteroatoms. The monoisotopic (exact) mass is 354 g/mol. The number of ether oxygens (including phenoxy) is 1. The summed E-state index contributed by atoms with van der Waals surface area (Å²) < 4.78 is 6.67. The van der Waals surface area contributed by atoms with Crippen molar-refractivity contribution in [1.82, 2.24) is 4.90 Å². The maximum absolute atomic E-state index is 12.1.